The van der Waals surface area contributed by atoms with Crippen molar-refractivity contribution in [2.45, 2.75) is 0 Å². The molecule has 0 unspecified atom stereocenters. The van der Waals surface area contributed by atoms with Crippen LogP contribution in [0.5, 0.6) is 0 Å². The van der Waals surface area contributed by atoms with Crippen LogP contribution in [0.15, 0.2) is 91.0 Å². The number of rotatable bonds is 3. The van der Waals surface area contributed by atoms with Crippen molar-refractivity contribution in [2.24, 2.45) is 0 Å². The fourth-order valence-corrected chi connectivity index (χ4v) is 5.49. The van der Waals surface area contributed by atoms with Gasteiger partial charge in [0.05, 0.1) is 0 Å². The Morgan fingerprint density at radius 3 is 0.900 bits per heavy atom. The number of hydrogen-bond acceptors (Lipinski definition) is 0. The molecule has 0 spiro atoms. The molecule has 2 heteroatoms. The van der Waals surface area contributed by atoms with Crippen LogP contribution in [-0.2, 0) is 0 Å². The maximum absolute atomic E-state index is 2.26. The quantitative estimate of drug-likeness (QED) is 0.643. The van der Waals surface area contributed by atoms with Gasteiger partial charge in [0.1, 0.15) is 0 Å². The average Bonchev–Trinajstić information content (AvgIpc) is 2.51. The molecule has 0 N–H and O–H groups in total. The summed E-state index contributed by atoms with van der Waals surface area (Å²) in [6, 6.07) is 32.7. The van der Waals surface area contributed by atoms with E-state index in [0.29, 0.717) is 0 Å². The van der Waals surface area contributed by atoms with Crippen LogP contribution < -0.4 is 13.3 Å². The van der Waals surface area contributed by atoms with Crippen LogP contribution in [0, 0.1) is 0 Å². The van der Waals surface area contributed by atoms with Crippen LogP contribution in [0.4, 0.5) is 0 Å². The van der Waals surface area contributed by atoms with Crippen LogP contribution >= 0.6 is 0 Å². The molecule has 0 aliphatic heterocycles. The largest absolute Gasteiger partial charge is 0.383 e. The molecule has 1 radical (unpaired) electrons. The first-order valence-corrected chi connectivity index (χ1v) is 8.33. The summed E-state index contributed by atoms with van der Waals surface area (Å²) in [6.45, 7) is 0. The monoisotopic (exact) mass is 281 g/mol. The minimum atomic E-state index is -1.31. The molecule has 3 aromatic carbocycles. The predicted octanol–water partition coefficient (Wildman–Crippen LogP) is 1.82. The van der Waals surface area contributed by atoms with E-state index in [-0.39, 0.29) is 29.6 Å². The van der Waals surface area contributed by atoms with E-state index in [0.717, 1.165) is 0 Å². The van der Waals surface area contributed by atoms with E-state index in [9.17, 15) is 0 Å². The van der Waals surface area contributed by atoms with Crippen molar-refractivity contribution in [3.05, 3.63) is 91.0 Å². The van der Waals surface area contributed by atoms with Gasteiger partial charge in [-0.05, 0) is 0 Å². The first-order chi connectivity index (χ1) is 9.45. The van der Waals surface area contributed by atoms with Gasteiger partial charge in [-0.1, -0.05) is 104 Å². The van der Waals surface area contributed by atoms with Crippen molar-refractivity contribution in [3.63, 3.8) is 0 Å². The maximum Gasteiger partial charge on any atom is 0.383 e. The molecule has 0 amide bonds. The SMILES string of the molecule is [Na].c1cc[c]([Al]([c]2ccccc2)[c]2ccccc2)cc1. The molecule has 0 fully saturated rings. The van der Waals surface area contributed by atoms with E-state index in [1.54, 1.807) is 0 Å². The zero-order chi connectivity index (χ0) is 12.9. The summed E-state index contributed by atoms with van der Waals surface area (Å²) < 4.78 is 4.42. The van der Waals surface area contributed by atoms with Crippen molar-refractivity contribution >= 4 is 57.0 Å². The van der Waals surface area contributed by atoms with E-state index in [2.05, 4.69) is 91.0 Å². The summed E-state index contributed by atoms with van der Waals surface area (Å²) in [6.07, 6.45) is 0. The number of benzene rings is 3. The van der Waals surface area contributed by atoms with Gasteiger partial charge in [-0.25, -0.2) is 0 Å². The summed E-state index contributed by atoms with van der Waals surface area (Å²) >= 11 is -1.31. The van der Waals surface area contributed by atoms with E-state index in [4.69, 9.17) is 0 Å². The Morgan fingerprint density at radius 1 is 0.400 bits per heavy atom. The molecule has 0 saturated heterocycles. The maximum atomic E-state index is 2.26. The van der Waals surface area contributed by atoms with Gasteiger partial charge in [0.15, 0.2) is 0 Å². The second-order valence-electron chi connectivity index (χ2n) is 4.67. The van der Waals surface area contributed by atoms with Gasteiger partial charge >= 0.3 is 14.1 Å². The Kier molecular flexibility index (Phi) is 6.11. The second kappa shape index (κ2) is 7.84. The Morgan fingerprint density at radius 2 is 0.650 bits per heavy atom. The molecule has 0 heterocycles. The summed E-state index contributed by atoms with van der Waals surface area (Å²) in [5.74, 6) is 0. The summed E-state index contributed by atoms with van der Waals surface area (Å²) in [7, 11) is 0. The van der Waals surface area contributed by atoms with Gasteiger partial charge in [0, 0.05) is 29.6 Å². The molecule has 0 aliphatic rings. The van der Waals surface area contributed by atoms with Crippen molar-refractivity contribution in [3.8, 4) is 0 Å². The zero-order valence-corrected chi connectivity index (χ0v) is 14.9. The first kappa shape index (κ1) is 15.6. The number of hydrogen-bond donors (Lipinski definition) is 0. The average molecular weight is 281 g/mol. The smallest absolute Gasteiger partial charge is 0.0986 e. The molecule has 0 atom stereocenters. The Labute approximate surface area is 147 Å². The molecule has 3 rings (SSSR count). The minimum absolute atomic E-state index is 0. The van der Waals surface area contributed by atoms with Crippen LogP contribution in [0.1, 0.15) is 0 Å². The Balaban J connectivity index is 0.00000147. The van der Waals surface area contributed by atoms with E-state index in [1.807, 2.05) is 0 Å². The molecule has 0 aromatic heterocycles. The van der Waals surface area contributed by atoms with Crippen LogP contribution in [-0.4, -0.2) is 43.7 Å². The van der Waals surface area contributed by atoms with Crippen molar-refractivity contribution < 1.29 is 0 Å². The molecule has 0 bridgehead atoms. The third-order valence-electron chi connectivity index (χ3n) is 3.40. The standard InChI is InChI=1S/3C6H5.Al.Na/c3*1-2-4-6-5-3-1;;/h3*1-5H;;. The summed E-state index contributed by atoms with van der Waals surface area (Å²) in [5.41, 5.74) is 0. The van der Waals surface area contributed by atoms with E-state index < -0.39 is 14.1 Å². The van der Waals surface area contributed by atoms with Gasteiger partial charge in [-0.15, -0.1) is 0 Å². The van der Waals surface area contributed by atoms with Crippen molar-refractivity contribution in [1.82, 2.24) is 0 Å². The fourth-order valence-electron chi connectivity index (χ4n) is 2.51. The van der Waals surface area contributed by atoms with Gasteiger partial charge in [-0.3, -0.25) is 0 Å². The van der Waals surface area contributed by atoms with E-state index >= 15 is 0 Å². The molecular formula is C18H15AlNa. The van der Waals surface area contributed by atoms with Gasteiger partial charge in [0.2, 0.25) is 0 Å². The van der Waals surface area contributed by atoms with Crippen molar-refractivity contribution in [1.29, 1.82) is 0 Å². The van der Waals surface area contributed by atoms with Crippen LogP contribution in [0.3, 0.4) is 0 Å². The first-order valence-electron chi connectivity index (χ1n) is 6.60. The van der Waals surface area contributed by atoms with Gasteiger partial charge in [0.25, 0.3) is 0 Å². The molecule has 91 valence electrons. The molecule has 0 aliphatic carbocycles. The predicted molar refractivity (Wildman–Crippen MR) is 89.7 cm³/mol. The topological polar surface area (TPSA) is 0 Å². The normalized spacial score (nSPS) is 9.60. The van der Waals surface area contributed by atoms with Gasteiger partial charge in [-0.2, -0.15) is 0 Å². The third kappa shape index (κ3) is 3.64. The molecular weight excluding hydrogens is 266 g/mol. The van der Waals surface area contributed by atoms with Crippen LogP contribution in [0.2, 0.25) is 0 Å². The fraction of sp³-hybridized carbons (Fsp3) is 0. The van der Waals surface area contributed by atoms with Gasteiger partial charge < -0.3 is 0 Å². The van der Waals surface area contributed by atoms with E-state index in [1.165, 1.54) is 13.3 Å². The molecule has 20 heavy (non-hydrogen) atoms. The Bertz CT molecular complexity index is 529. The van der Waals surface area contributed by atoms with Crippen LogP contribution in [0.25, 0.3) is 0 Å². The molecule has 0 nitrogen and oxygen atoms in total. The Hall–Kier alpha value is -0.808. The summed E-state index contributed by atoms with van der Waals surface area (Å²) in [5, 5.41) is 0. The zero-order valence-electron chi connectivity index (χ0n) is 11.7. The van der Waals surface area contributed by atoms with Crippen molar-refractivity contribution in [2.75, 3.05) is 0 Å². The summed E-state index contributed by atoms with van der Waals surface area (Å²) in [4.78, 5) is 0. The second-order valence-corrected chi connectivity index (χ2v) is 7.53. The minimum Gasteiger partial charge on any atom is -0.0986 e. The molecule has 3 aromatic rings. The third-order valence-corrected chi connectivity index (χ3v) is 6.55. The molecule has 0 saturated carbocycles.